The summed E-state index contributed by atoms with van der Waals surface area (Å²) in [6, 6.07) is 4.64. The molecule has 1 aliphatic heterocycles. The molecule has 0 saturated carbocycles. The fraction of sp³-hybridized carbons (Fsp3) is 0.409. The van der Waals surface area contributed by atoms with E-state index in [2.05, 4.69) is 25.5 Å². The lowest BCUT2D eigenvalue weighted by Gasteiger charge is -2.33. The fourth-order valence-electron chi connectivity index (χ4n) is 4.07. The van der Waals surface area contributed by atoms with Gasteiger partial charge in [-0.1, -0.05) is 6.92 Å². The molecule has 11 heteroatoms. The highest BCUT2D eigenvalue weighted by Crippen LogP contribution is 2.34. The molecule has 0 aliphatic carbocycles. The van der Waals surface area contributed by atoms with Crippen LogP contribution < -0.4 is 20.3 Å². The lowest BCUT2D eigenvalue weighted by atomic mass is 9.88. The summed E-state index contributed by atoms with van der Waals surface area (Å²) in [4.78, 5) is 39.5. The number of hydrogen-bond donors (Lipinski definition) is 1. The molecule has 4 rings (SSSR count). The number of carbonyl (C=O) groups excluding carboxylic acids is 1. The number of fused-ring (bicyclic) bond motifs is 1. The molecule has 0 radical (unpaired) electrons. The van der Waals surface area contributed by atoms with Crippen LogP contribution in [0.15, 0.2) is 35.5 Å². The maximum atomic E-state index is 13.4. The molecule has 4 heterocycles. The van der Waals surface area contributed by atoms with E-state index in [0.29, 0.717) is 36.6 Å². The Bertz CT molecular complexity index is 1220. The van der Waals surface area contributed by atoms with Crippen molar-refractivity contribution in [1.82, 2.24) is 35.0 Å². The number of nitrogens with one attached hydrogen (secondary N) is 1. The first-order valence-corrected chi connectivity index (χ1v) is 10.7. The van der Waals surface area contributed by atoms with Crippen LogP contribution in [0, 0.1) is 0 Å². The topological polar surface area (TPSA) is 134 Å². The van der Waals surface area contributed by atoms with E-state index in [4.69, 9.17) is 14.5 Å². The van der Waals surface area contributed by atoms with Crippen LogP contribution in [-0.2, 0) is 12.1 Å². The third kappa shape index (κ3) is 4.26. The van der Waals surface area contributed by atoms with E-state index >= 15 is 0 Å². The quantitative estimate of drug-likeness (QED) is 0.594. The Hall–Kier alpha value is -3.89. The second kappa shape index (κ2) is 9.31. The molecule has 1 atom stereocenters. The van der Waals surface area contributed by atoms with Crippen molar-refractivity contribution in [1.29, 1.82) is 0 Å². The van der Waals surface area contributed by atoms with Crippen molar-refractivity contribution < 1.29 is 14.3 Å². The van der Waals surface area contributed by atoms with Crippen molar-refractivity contribution >= 4 is 5.91 Å². The molecular weight excluding hydrogens is 426 g/mol. The van der Waals surface area contributed by atoms with Gasteiger partial charge >= 0.3 is 0 Å². The molecule has 0 aromatic carbocycles. The van der Waals surface area contributed by atoms with Crippen LogP contribution in [-0.4, -0.2) is 49.8 Å². The molecule has 0 saturated heterocycles. The minimum absolute atomic E-state index is 0.0771. The van der Waals surface area contributed by atoms with Gasteiger partial charge in [-0.15, -0.1) is 10.2 Å². The highest BCUT2D eigenvalue weighted by atomic mass is 16.5. The Labute approximate surface area is 190 Å². The van der Waals surface area contributed by atoms with E-state index in [1.54, 1.807) is 16.8 Å². The van der Waals surface area contributed by atoms with Crippen molar-refractivity contribution in [2.75, 3.05) is 14.2 Å². The number of aromatic nitrogens is 6. The maximum absolute atomic E-state index is 13.4. The van der Waals surface area contributed by atoms with Gasteiger partial charge in [0.1, 0.15) is 17.7 Å². The van der Waals surface area contributed by atoms with Gasteiger partial charge in [0.15, 0.2) is 0 Å². The molecule has 172 valence electrons. The van der Waals surface area contributed by atoms with Gasteiger partial charge in [0.05, 0.1) is 31.1 Å². The molecule has 3 aromatic rings. The standard InChI is InChI=1S/C22H25N7O4/c1-4-22(26-19(31)14-11-17(32-2)27-28-20(14)33-3)8-5-6-10-29-18(30)12-16(25-21(22)29)15-7-9-23-13-24-15/h7,9,11-13H,4-6,8,10H2,1-3H3,(H,26,31). The number of ether oxygens (including phenoxy) is 2. The number of hydrogen-bond acceptors (Lipinski definition) is 9. The number of nitrogens with zero attached hydrogens (tertiary/aromatic N) is 6. The Balaban J connectivity index is 1.82. The van der Waals surface area contributed by atoms with Gasteiger partial charge in [-0.2, -0.15) is 0 Å². The monoisotopic (exact) mass is 451 g/mol. The molecule has 1 amide bonds. The van der Waals surface area contributed by atoms with Crippen molar-refractivity contribution in [3.63, 3.8) is 0 Å². The molecule has 1 unspecified atom stereocenters. The van der Waals surface area contributed by atoms with E-state index < -0.39 is 11.4 Å². The number of amides is 1. The van der Waals surface area contributed by atoms with Gasteiger partial charge in [-0.3, -0.25) is 14.2 Å². The van der Waals surface area contributed by atoms with Gasteiger partial charge in [-0.25, -0.2) is 15.0 Å². The molecule has 3 aromatic heterocycles. The summed E-state index contributed by atoms with van der Waals surface area (Å²) in [5.41, 5.74) is 0.0927. The van der Waals surface area contributed by atoms with E-state index in [0.717, 1.165) is 12.8 Å². The van der Waals surface area contributed by atoms with E-state index in [1.165, 1.54) is 32.7 Å². The molecule has 33 heavy (non-hydrogen) atoms. The van der Waals surface area contributed by atoms with Crippen LogP contribution in [0.5, 0.6) is 11.8 Å². The molecule has 0 bridgehead atoms. The molecular formula is C22H25N7O4. The first kappa shape index (κ1) is 22.3. The predicted molar refractivity (Wildman–Crippen MR) is 118 cm³/mol. The summed E-state index contributed by atoms with van der Waals surface area (Å²) >= 11 is 0. The average molecular weight is 451 g/mol. The Morgan fingerprint density at radius 1 is 1.18 bits per heavy atom. The molecule has 1 aliphatic rings. The van der Waals surface area contributed by atoms with Crippen LogP contribution in [0.1, 0.15) is 48.8 Å². The number of methoxy groups -OCH3 is 2. The first-order valence-electron chi connectivity index (χ1n) is 10.7. The minimum Gasteiger partial charge on any atom is -0.480 e. The van der Waals surface area contributed by atoms with Crippen LogP contribution in [0.4, 0.5) is 0 Å². The highest BCUT2D eigenvalue weighted by Gasteiger charge is 2.39. The average Bonchev–Trinajstić information content (AvgIpc) is 3.04. The molecule has 1 N–H and O–H groups in total. The van der Waals surface area contributed by atoms with E-state index in [9.17, 15) is 9.59 Å². The van der Waals surface area contributed by atoms with Gasteiger partial charge < -0.3 is 14.8 Å². The number of carbonyl (C=O) groups is 1. The summed E-state index contributed by atoms with van der Waals surface area (Å²) in [6.07, 6.45) is 5.76. The summed E-state index contributed by atoms with van der Waals surface area (Å²) in [6.45, 7) is 2.48. The SMILES string of the molecule is CCC1(NC(=O)c2cc(OC)nnc2OC)CCCCn2c1nc(-c1ccncn1)cc2=O. The minimum atomic E-state index is -0.878. The third-order valence-electron chi connectivity index (χ3n) is 5.86. The normalized spacial score (nSPS) is 17.5. The number of rotatable bonds is 6. The van der Waals surface area contributed by atoms with E-state index in [1.807, 2.05) is 6.92 Å². The molecule has 0 fully saturated rings. The zero-order valence-corrected chi connectivity index (χ0v) is 18.7. The van der Waals surface area contributed by atoms with Crippen molar-refractivity contribution in [2.45, 2.75) is 44.7 Å². The van der Waals surface area contributed by atoms with Crippen LogP contribution in [0.3, 0.4) is 0 Å². The maximum Gasteiger partial charge on any atom is 0.257 e. The molecule has 11 nitrogen and oxygen atoms in total. The van der Waals surface area contributed by atoms with Crippen LogP contribution in [0.25, 0.3) is 11.4 Å². The largest absolute Gasteiger partial charge is 0.480 e. The zero-order chi connectivity index (χ0) is 23.4. The van der Waals surface area contributed by atoms with Crippen LogP contribution >= 0.6 is 0 Å². The fourth-order valence-corrected chi connectivity index (χ4v) is 4.07. The van der Waals surface area contributed by atoms with Gasteiger partial charge in [-0.05, 0) is 31.7 Å². The summed E-state index contributed by atoms with van der Waals surface area (Å²) in [5.74, 6) is 0.350. The summed E-state index contributed by atoms with van der Waals surface area (Å²) in [5, 5.41) is 10.9. The second-order valence-electron chi connectivity index (χ2n) is 7.71. The Morgan fingerprint density at radius 3 is 2.73 bits per heavy atom. The summed E-state index contributed by atoms with van der Waals surface area (Å²) in [7, 11) is 2.86. The van der Waals surface area contributed by atoms with Crippen molar-refractivity contribution in [3.05, 3.63) is 52.5 Å². The lowest BCUT2D eigenvalue weighted by molar-refractivity contribution is 0.0874. The first-order chi connectivity index (χ1) is 16.0. The lowest BCUT2D eigenvalue weighted by Crippen LogP contribution is -2.48. The Kier molecular flexibility index (Phi) is 6.29. The van der Waals surface area contributed by atoms with E-state index in [-0.39, 0.29) is 22.9 Å². The smallest absolute Gasteiger partial charge is 0.257 e. The Morgan fingerprint density at radius 2 is 2.03 bits per heavy atom. The third-order valence-corrected chi connectivity index (χ3v) is 5.86. The van der Waals surface area contributed by atoms with Crippen molar-refractivity contribution in [3.8, 4) is 23.1 Å². The van der Waals surface area contributed by atoms with Gasteiger partial charge in [0.2, 0.25) is 11.8 Å². The van der Waals surface area contributed by atoms with Crippen molar-refractivity contribution in [2.24, 2.45) is 0 Å². The van der Waals surface area contributed by atoms with Gasteiger partial charge in [0.25, 0.3) is 11.5 Å². The second-order valence-corrected chi connectivity index (χ2v) is 7.71. The zero-order valence-electron chi connectivity index (χ0n) is 18.7. The van der Waals surface area contributed by atoms with Crippen LogP contribution in [0.2, 0.25) is 0 Å². The predicted octanol–water partition coefficient (Wildman–Crippen LogP) is 1.73. The highest BCUT2D eigenvalue weighted by molar-refractivity contribution is 5.97. The molecule has 0 spiro atoms. The summed E-state index contributed by atoms with van der Waals surface area (Å²) < 4.78 is 12.0. The van der Waals surface area contributed by atoms with Gasteiger partial charge in [0, 0.05) is 24.9 Å².